The van der Waals surface area contributed by atoms with Crippen molar-refractivity contribution in [2.45, 2.75) is 59.0 Å². The van der Waals surface area contributed by atoms with Crippen LogP contribution >= 0.6 is 0 Å². The Morgan fingerprint density at radius 2 is 1.33 bits per heavy atom. The van der Waals surface area contributed by atoms with Gasteiger partial charge in [-0.2, -0.15) is 0 Å². The summed E-state index contributed by atoms with van der Waals surface area (Å²) in [6.07, 6.45) is -0.423. The van der Waals surface area contributed by atoms with Gasteiger partial charge in [-0.05, 0) is 64.8 Å². The van der Waals surface area contributed by atoms with Crippen molar-refractivity contribution in [3.05, 3.63) is 34.6 Å². The molecule has 0 spiro atoms. The molecule has 0 radical (unpaired) electrons. The molecule has 1 aromatic carbocycles. The van der Waals surface area contributed by atoms with Gasteiger partial charge >= 0.3 is 0 Å². The van der Waals surface area contributed by atoms with E-state index < -0.39 is 6.29 Å². The summed E-state index contributed by atoms with van der Waals surface area (Å²) in [6, 6.07) is 3.59. The van der Waals surface area contributed by atoms with E-state index in [4.69, 9.17) is 9.47 Å². The quantitative estimate of drug-likeness (QED) is 0.750. The Kier molecular flexibility index (Phi) is 3.03. The molecule has 0 aromatic heterocycles. The third-order valence-corrected chi connectivity index (χ3v) is 3.98. The molecule has 3 heteroatoms. The molecule has 1 aliphatic heterocycles. The number of ether oxygens (including phenoxy) is 2. The SMILES string of the molecule is Cc1cc(C2OC(C)(C)C(C)(C)O2)cc(C)c1F. The number of aryl methyl sites for hydroxylation is 2. The van der Waals surface area contributed by atoms with Crippen molar-refractivity contribution in [3.63, 3.8) is 0 Å². The largest absolute Gasteiger partial charge is 0.339 e. The molecule has 1 aromatic rings. The maximum Gasteiger partial charge on any atom is 0.185 e. The van der Waals surface area contributed by atoms with E-state index >= 15 is 0 Å². The number of benzene rings is 1. The van der Waals surface area contributed by atoms with Crippen LogP contribution in [0.15, 0.2) is 12.1 Å². The minimum absolute atomic E-state index is 0.157. The first-order valence-electron chi connectivity index (χ1n) is 6.26. The lowest BCUT2D eigenvalue weighted by molar-refractivity contribution is -0.0896. The zero-order valence-corrected chi connectivity index (χ0v) is 11.9. The Bertz CT molecular complexity index is 438. The molecule has 1 fully saturated rings. The smallest absolute Gasteiger partial charge is 0.185 e. The highest BCUT2D eigenvalue weighted by molar-refractivity contribution is 5.31. The lowest BCUT2D eigenvalue weighted by Gasteiger charge is -2.30. The lowest BCUT2D eigenvalue weighted by atomic mass is 9.90. The average molecular weight is 252 g/mol. The highest BCUT2D eigenvalue weighted by atomic mass is 19.1. The van der Waals surface area contributed by atoms with Gasteiger partial charge in [0.1, 0.15) is 5.82 Å². The molecular weight excluding hydrogens is 231 g/mol. The molecule has 0 unspecified atom stereocenters. The molecule has 0 amide bonds. The molecule has 0 N–H and O–H groups in total. The van der Waals surface area contributed by atoms with E-state index in [1.165, 1.54) is 0 Å². The molecule has 2 nitrogen and oxygen atoms in total. The summed E-state index contributed by atoms with van der Waals surface area (Å²) in [5.41, 5.74) is 1.39. The second kappa shape index (κ2) is 4.04. The molecule has 0 aliphatic carbocycles. The number of halogens is 1. The Morgan fingerprint density at radius 3 is 1.72 bits per heavy atom. The van der Waals surface area contributed by atoms with E-state index in [0.29, 0.717) is 11.1 Å². The van der Waals surface area contributed by atoms with Crippen molar-refractivity contribution >= 4 is 0 Å². The van der Waals surface area contributed by atoms with Gasteiger partial charge in [0.15, 0.2) is 6.29 Å². The van der Waals surface area contributed by atoms with Crippen molar-refractivity contribution in [1.82, 2.24) is 0 Å². The van der Waals surface area contributed by atoms with Crippen LogP contribution in [0.25, 0.3) is 0 Å². The van der Waals surface area contributed by atoms with Crippen LogP contribution < -0.4 is 0 Å². The third kappa shape index (κ3) is 2.06. The van der Waals surface area contributed by atoms with E-state index in [9.17, 15) is 4.39 Å². The molecular formula is C15H21FO2. The summed E-state index contributed by atoms with van der Waals surface area (Å²) in [6.45, 7) is 11.6. The van der Waals surface area contributed by atoms with Crippen molar-refractivity contribution in [3.8, 4) is 0 Å². The van der Waals surface area contributed by atoms with Crippen molar-refractivity contribution in [1.29, 1.82) is 0 Å². The number of rotatable bonds is 1. The second-order valence-corrected chi connectivity index (χ2v) is 6.06. The monoisotopic (exact) mass is 252 g/mol. The minimum atomic E-state index is -0.423. The highest BCUT2D eigenvalue weighted by Crippen LogP contribution is 2.45. The topological polar surface area (TPSA) is 18.5 Å². The fraction of sp³-hybridized carbons (Fsp3) is 0.600. The predicted molar refractivity (Wildman–Crippen MR) is 68.9 cm³/mol. The summed E-state index contributed by atoms with van der Waals surface area (Å²) in [5.74, 6) is -0.157. The maximum absolute atomic E-state index is 13.6. The Morgan fingerprint density at radius 1 is 0.944 bits per heavy atom. The normalized spacial score (nSPS) is 22.4. The van der Waals surface area contributed by atoms with Crippen molar-refractivity contribution in [2.24, 2.45) is 0 Å². The third-order valence-electron chi connectivity index (χ3n) is 3.98. The van der Waals surface area contributed by atoms with Crippen LogP contribution in [0.2, 0.25) is 0 Å². The number of hydrogen-bond donors (Lipinski definition) is 0. The molecule has 1 saturated heterocycles. The van der Waals surface area contributed by atoms with Gasteiger partial charge < -0.3 is 9.47 Å². The fourth-order valence-corrected chi connectivity index (χ4v) is 2.09. The van der Waals surface area contributed by atoms with Crippen LogP contribution in [-0.4, -0.2) is 11.2 Å². The van der Waals surface area contributed by atoms with Crippen LogP contribution in [0.4, 0.5) is 4.39 Å². The summed E-state index contributed by atoms with van der Waals surface area (Å²) in [4.78, 5) is 0. The van der Waals surface area contributed by atoms with E-state index in [1.54, 1.807) is 26.0 Å². The second-order valence-electron chi connectivity index (χ2n) is 6.06. The van der Waals surface area contributed by atoms with E-state index in [0.717, 1.165) is 5.56 Å². The zero-order valence-electron chi connectivity index (χ0n) is 11.9. The van der Waals surface area contributed by atoms with Crippen LogP contribution in [0.3, 0.4) is 0 Å². The summed E-state index contributed by atoms with van der Waals surface area (Å²) in [5, 5.41) is 0. The summed E-state index contributed by atoms with van der Waals surface area (Å²) >= 11 is 0. The Balaban J connectivity index is 2.36. The highest BCUT2D eigenvalue weighted by Gasteiger charge is 2.49. The first-order chi connectivity index (χ1) is 8.14. The summed E-state index contributed by atoms with van der Waals surface area (Å²) in [7, 11) is 0. The Labute approximate surface area is 108 Å². The van der Waals surface area contributed by atoms with Gasteiger partial charge in [-0.1, -0.05) is 0 Å². The van der Waals surface area contributed by atoms with Crippen molar-refractivity contribution < 1.29 is 13.9 Å². The molecule has 2 rings (SSSR count). The molecule has 0 saturated carbocycles. The fourth-order valence-electron chi connectivity index (χ4n) is 2.09. The van der Waals surface area contributed by atoms with E-state index in [1.807, 2.05) is 27.7 Å². The van der Waals surface area contributed by atoms with E-state index in [2.05, 4.69) is 0 Å². The van der Waals surface area contributed by atoms with Crippen LogP contribution in [0.1, 0.15) is 50.7 Å². The van der Waals surface area contributed by atoms with Gasteiger partial charge in [0.25, 0.3) is 0 Å². The molecule has 1 heterocycles. The zero-order chi connectivity index (χ0) is 13.7. The van der Waals surface area contributed by atoms with Crippen LogP contribution in [-0.2, 0) is 9.47 Å². The number of hydrogen-bond acceptors (Lipinski definition) is 2. The van der Waals surface area contributed by atoms with Crippen molar-refractivity contribution in [2.75, 3.05) is 0 Å². The summed E-state index contributed by atoms with van der Waals surface area (Å²) < 4.78 is 25.5. The minimum Gasteiger partial charge on any atom is -0.339 e. The molecule has 0 bridgehead atoms. The molecule has 0 atom stereocenters. The molecule has 1 aliphatic rings. The average Bonchev–Trinajstić information content (AvgIpc) is 2.44. The van der Waals surface area contributed by atoms with E-state index in [-0.39, 0.29) is 17.0 Å². The molecule has 18 heavy (non-hydrogen) atoms. The first-order valence-corrected chi connectivity index (χ1v) is 6.26. The van der Waals surface area contributed by atoms with Gasteiger partial charge in [0.05, 0.1) is 11.2 Å². The lowest BCUT2D eigenvalue weighted by Crippen LogP contribution is -2.41. The molecule has 100 valence electrons. The first kappa shape index (κ1) is 13.5. The predicted octanol–water partition coefficient (Wildman–Crippen LogP) is 4.05. The van der Waals surface area contributed by atoms with Gasteiger partial charge in [-0.25, -0.2) is 4.39 Å². The van der Waals surface area contributed by atoms with Gasteiger partial charge in [0, 0.05) is 5.56 Å². The van der Waals surface area contributed by atoms with Gasteiger partial charge in [-0.3, -0.25) is 0 Å². The Hall–Kier alpha value is -0.930. The van der Waals surface area contributed by atoms with Crippen LogP contribution in [0, 0.1) is 19.7 Å². The standard InChI is InChI=1S/C15H21FO2/c1-9-7-11(8-10(2)12(9)16)13-17-14(3,4)15(5,6)18-13/h7-8,13H,1-6H3. The van der Waals surface area contributed by atoms with Gasteiger partial charge in [0.2, 0.25) is 0 Å². The van der Waals surface area contributed by atoms with Gasteiger partial charge in [-0.15, -0.1) is 0 Å². The van der Waals surface area contributed by atoms with Crippen LogP contribution in [0.5, 0.6) is 0 Å². The maximum atomic E-state index is 13.6.